The maximum atomic E-state index is 5.06. The Bertz CT molecular complexity index is 90.1. The van der Waals surface area contributed by atoms with Crippen LogP contribution in [-0.2, 0) is 0 Å². The van der Waals surface area contributed by atoms with E-state index in [1.165, 1.54) is 0 Å². The maximum absolute atomic E-state index is 5.06. The predicted octanol–water partition coefficient (Wildman–Crippen LogP) is 3.00. The molecule has 0 atom stereocenters. The molecule has 0 saturated carbocycles. The molecular formula is C8H19NS2. The summed E-state index contributed by atoms with van der Waals surface area (Å²) in [6.45, 7) is 10.3. The molecule has 0 unspecified atom stereocenters. The molecule has 0 rings (SSSR count). The standard InChI is InChI=1S/C6H13NS2.C2H6/c1-4-7(5-2)6(8)9-3;1-2/h4-5H2,1-3H3;1-2H3. The van der Waals surface area contributed by atoms with Crippen LogP contribution in [0, 0.1) is 0 Å². The van der Waals surface area contributed by atoms with Crippen LogP contribution in [0.2, 0.25) is 0 Å². The second-order valence-electron chi connectivity index (χ2n) is 1.64. The van der Waals surface area contributed by atoms with Crippen LogP contribution in [-0.4, -0.2) is 28.6 Å². The van der Waals surface area contributed by atoms with E-state index in [1.54, 1.807) is 11.8 Å². The monoisotopic (exact) mass is 193 g/mol. The topological polar surface area (TPSA) is 3.24 Å². The van der Waals surface area contributed by atoms with E-state index in [4.69, 9.17) is 12.2 Å². The van der Waals surface area contributed by atoms with Gasteiger partial charge in [-0.3, -0.25) is 0 Å². The lowest BCUT2D eigenvalue weighted by Crippen LogP contribution is -2.26. The van der Waals surface area contributed by atoms with Crippen molar-refractivity contribution in [2.45, 2.75) is 27.7 Å². The maximum Gasteiger partial charge on any atom is 0.136 e. The van der Waals surface area contributed by atoms with Gasteiger partial charge in [0.1, 0.15) is 4.32 Å². The van der Waals surface area contributed by atoms with Crippen molar-refractivity contribution in [2.24, 2.45) is 0 Å². The van der Waals surface area contributed by atoms with Crippen molar-refractivity contribution in [3.8, 4) is 0 Å². The van der Waals surface area contributed by atoms with Crippen LogP contribution in [0.3, 0.4) is 0 Å². The van der Waals surface area contributed by atoms with Crippen molar-refractivity contribution in [3.63, 3.8) is 0 Å². The summed E-state index contributed by atoms with van der Waals surface area (Å²) in [4.78, 5) is 2.17. The van der Waals surface area contributed by atoms with Crippen molar-refractivity contribution >= 4 is 28.3 Å². The molecule has 0 N–H and O–H groups in total. The molecule has 0 aliphatic heterocycles. The lowest BCUT2D eigenvalue weighted by molar-refractivity contribution is 0.482. The van der Waals surface area contributed by atoms with Gasteiger partial charge in [0.15, 0.2) is 0 Å². The lowest BCUT2D eigenvalue weighted by Gasteiger charge is -2.19. The van der Waals surface area contributed by atoms with Gasteiger partial charge in [-0.1, -0.05) is 26.1 Å². The smallest absolute Gasteiger partial charge is 0.136 e. The van der Waals surface area contributed by atoms with E-state index in [-0.39, 0.29) is 0 Å². The Labute approximate surface area is 80.5 Å². The molecule has 0 aromatic rings. The van der Waals surface area contributed by atoms with Gasteiger partial charge in [0, 0.05) is 13.1 Å². The van der Waals surface area contributed by atoms with E-state index in [9.17, 15) is 0 Å². The second kappa shape index (κ2) is 10.2. The van der Waals surface area contributed by atoms with Crippen LogP contribution in [0.1, 0.15) is 27.7 Å². The summed E-state index contributed by atoms with van der Waals surface area (Å²) in [5, 5.41) is 0. The van der Waals surface area contributed by atoms with Crippen LogP contribution in [0.25, 0.3) is 0 Å². The Morgan fingerprint density at radius 1 is 1.27 bits per heavy atom. The third kappa shape index (κ3) is 6.63. The number of hydrogen-bond acceptors (Lipinski definition) is 2. The molecule has 11 heavy (non-hydrogen) atoms. The minimum atomic E-state index is 1.00. The normalized spacial score (nSPS) is 8.09. The number of thioether (sulfide) groups is 1. The van der Waals surface area contributed by atoms with Gasteiger partial charge in [-0.15, -0.1) is 11.8 Å². The molecule has 0 amide bonds. The van der Waals surface area contributed by atoms with Crippen molar-refractivity contribution in [1.29, 1.82) is 0 Å². The van der Waals surface area contributed by atoms with E-state index in [1.807, 2.05) is 20.1 Å². The molecule has 1 nitrogen and oxygen atoms in total. The van der Waals surface area contributed by atoms with Crippen LogP contribution < -0.4 is 0 Å². The van der Waals surface area contributed by atoms with Crippen molar-refractivity contribution in [1.82, 2.24) is 4.90 Å². The van der Waals surface area contributed by atoms with E-state index >= 15 is 0 Å². The third-order valence-electron chi connectivity index (χ3n) is 1.20. The quantitative estimate of drug-likeness (QED) is 0.621. The molecule has 0 radical (unpaired) electrons. The van der Waals surface area contributed by atoms with Crippen molar-refractivity contribution in [2.75, 3.05) is 19.3 Å². The Morgan fingerprint density at radius 2 is 1.64 bits per heavy atom. The summed E-state index contributed by atoms with van der Waals surface area (Å²) in [7, 11) is 0. The highest BCUT2D eigenvalue weighted by molar-refractivity contribution is 8.22. The van der Waals surface area contributed by atoms with Gasteiger partial charge in [0.2, 0.25) is 0 Å². The van der Waals surface area contributed by atoms with Crippen molar-refractivity contribution in [3.05, 3.63) is 0 Å². The second-order valence-corrected chi connectivity index (χ2v) is 3.08. The summed E-state index contributed by atoms with van der Waals surface area (Å²) >= 11 is 6.70. The summed E-state index contributed by atoms with van der Waals surface area (Å²) < 4.78 is 1.00. The molecule has 0 aromatic heterocycles. The van der Waals surface area contributed by atoms with Gasteiger partial charge in [0.05, 0.1) is 0 Å². The first kappa shape index (κ1) is 13.8. The van der Waals surface area contributed by atoms with Gasteiger partial charge >= 0.3 is 0 Å². The number of hydrogen-bond donors (Lipinski definition) is 0. The first-order valence-electron chi connectivity index (χ1n) is 4.09. The fourth-order valence-corrected chi connectivity index (χ4v) is 1.39. The average Bonchev–Trinajstić information content (AvgIpc) is 2.10. The molecule has 0 aliphatic rings. The molecule has 0 fully saturated rings. The number of thiocarbonyl (C=S) groups is 1. The third-order valence-corrected chi connectivity index (χ3v) is 2.56. The van der Waals surface area contributed by atoms with Gasteiger partial charge in [-0.25, -0.2) is 0 Å². The van der Waals surface area contributed by atoms with E-state index < -0.39 is 0 Å². The first-order chi connectivity index (χ1) is 5.26. The van der Waals surface area contributed by atoms with Gasteiger partial charge in [-0.05, 0) is 20.1 Å². The predicted molar refractivity (Wildman–Crippen MR) is 60.4 cm³/mol. The summed E-state index contributed by atoms with van der Waals surface area (Å²) in [5.41, 5.74) is 0. The molecule has 0 heterocycles. The van der Waals surface area contributed by atoms with Gasteiger partial charge in [-0.2, -0.15) is 0 Å². The molecule has 3 heteroatoms. The Hall–Kier alpha value is 0.240. The molecular weight excluding hydrogens is 174 g/mol. The highest BCUT2D eigenvalue weighted by Crippen LogP contribution is 2.03. The zero-order valence-corrected chi connectivity index (χ0v) is 9.81. The molecule has 0 aromatic carbocycles. The summed E-state index contributed by atoms with van der Waals surface area (Å²) in [6.07, 6.45) is 2.01. The fourth-order valence-electron chi connectivity index (χ4n) is 0.611. The summed E-state index contributed by atoms with van der Waals surface area (Å²) in [5.74, 6) is 0. The van der Waals surface area contributed by atoms with E-state index in [2.05, 4.69) is 18.7 Å². The molecule has 0 aliphatic carbocycles. The number of rotatable bonds is 2. The first-order valence-corrected chi connectivity index (χ1v) is 5.72. The minimum Gasteiger partial charge on any atom is -0.358 e. The minimum absolute atomic E-state index is 1.00. The number of nitrogens with zero attached hydrogens (tertiary/aromatic N) is 1. The highest BCUT2D eigenvalue weighted by Gasteiger charge is 2.00. The Balaban J connectivity index is 0. The van der Waals surface area contributed by atoms with Crippen LogP contribution in [0.4, 0.5) is 0 Å². The van der Waals surface area contributed by atoms with Crippen LogP contribution in [0.15, 0.2) is 0 Å². The summed E-state index contributed by atoms with van der Waals surface area (Å²) in [6, 6.07) is 0. The zero-order chi connectivity index (χ0) is 9.28. The van der Waals surface area contributed by atoms with Crippen molar-refractivity contribution < 1.29 is 0 Å². The van der Waals surface area contributed by atoms with Crippen LogP contribution >= 0.6 is 24.0 Å². The SMILES string of the molecule is CC.CCN(CC)C(=S)SC. The van der Waals surface area contributed by atoms with E-state index in [0.29, 0.717) is 0 Å². The average molecular weight is 193 g/mol. The molecule has 0 bridgehead atoms. The molecule has 68 valence electrons. The van der Waals surface area contributed by atoms with Gasteiger partial charge in [0.25, 0.3) is 0 Å². The Kier molecular flexibility index (Phi) is 12.9. The zero-order valence-electron chi connectivity index (χ0n) is 8.18. The molecule has 0 spiro atoms. The Morgan fingerprint density at radius 3 is 1.73 bits per heavy atom. The fraction of sp³-hybridized carbons (Fsp3) is 0.875. The highest BCUT2D eigenvalue weighted by atomic mass is 32.2. The van der Waals surface area contributed by atoms with Gasteiger partial charge < -0.3 is 4.90 Å². The largest absolute Gasteiger partial charge is 0.358 e. The van der Waals surface area contributed by atoms with E-state index in [0.717, 1.165) is 17.4 Å². The lowest BCUT2D eigenvalue weighted by atomic mass is 10.6. The molecule has 0 saturated heterocycles. The van der Waals surface area contributed by atoms with Crippen LogP contribution in [0.5, 0.6) is 0 Å².